The van der Waals surface area contributed by atoms with Gasteiger partial charge < -0.3 is 44.0 Å². The number of hydrogen-bond donors (Lipinski definition) is 3. The summed E-state index contributed by atoms with van der Waals surface area (Å²) in [4.78, 5) is 13.1. The van der Waals surface area contributed by atoms with Crippen molar-refractivity contribution in [1.29, 1.82) is 0 Å². The normalized spacial score (nSPS) is 34.0. The van der Waals surface area contributed by atoms with Crippen LogP contribution in [0.15, 0.2) is 36.4 Å². The highest BCUT2D eigenvalue weighted by Crippen LogP contribution is 2.68. The number of nitrogens with one attached hydrogen (secondary N) is 1. The van der Waals surface area contributed by atoms with Crippen LogP contribution in [0.25, 0.3) is 6.08 Å². The SMILES string of the molecule is COc1ccc(/C=C/C(=O)O[C@H]2C[C@]34CCN[C@H]5[C@H](O[C@@](OC)([C@@H]2OC)[C@H]53)c2ccc(OC)c(O)c24)cc1O. The first-order valence-corrected chi connectivity index (χ1v) is 13.0. The standard InChI is InChI=1S/C29H33NO9/c1-34-18-8-5-15(13-17(18)31)6-10-21(32)38-20-14-28-11-12-30-23-25(16-7-9-19(35-2)24(33)22(16)28)39-29(37-4,26(23)28)27(20)36-3/h5-10,13,20,23,25-27,30-31,33H,11-12,14H2,1-4H3/b10-6+/t20-,23-,25+,26+,27+,28-,29+/m0/s1. The Kier molecular flexibility index (Phi) is 6.26. The molecule has 4 bridgehead atoms. The summed E-state index contributed by atoms with van der Waals surface area (Å²) in [6.07, 6.45) is 2.12. The van der Waals surface area contributed by atoms with E-state index in [1.165, 1.54) is 26.4 Å². The summed E-state index contributed by atoms with van der Waals surface area (Å²) in [5.41, 5.74) is 1.64. The van der Waals surface area contributed by atoms with Crippen molar-refractivity contribution in [2.45, 2.75) is 48.4 Å². The van der Waals surface area contributed by atoms with E-state index >= 15 is 0 Å². The second-order valence-electron chi connectivity index (χ2n) is 10.5. The molecule has 2 aromatic carbocycles. The Bertz CT molecular complexity index is 1330. The fraction of sp³-hybridized carbons (Fsp3) is 0.483. The first-order valence-electron chi connectivity index (χ1n) is 13.0. The third-order valence-corrected chi connectivity index (χ3v) is 8.93. The molecule has 6 rings (SSSR count). The molecular weight excluding hydrogens is 506 g/mol. The third-order valence-electron chi connectivity index (χ3n) is 8.93. The minimum Gasteiger partial charge on any atom is -0.504 e. The minimum atomic E-state index is -1.22. The maximum absolute atomic E-state index is 13.1. The number of rotatable bonds is 7. The third kappa shape index (κ3) is 3.58. The number of fused-ring (bicyclic) bond motifs is 2. The summed E-state index contributed by atoms with van der Waals surface area (Å²) in [5.74, 6) is -1.22. The molecule has 0 spiro atoms. The molecule has 1 saturated carbocycles. The molecular formula is C29H33NO9. The predicted octanol–water partition coefficient (Wildman–Crippen LogP) is 2.80. The Morgan fingerprint density at radius 1 is 1.10 bits per heavy atom. The van der Waals surface area contributed by atoms with Crippen LogP contribution in [-0.2, 0) is 29.2 Å². The van der Waals surface area contributed by atoms with Gasteiger partial charge in [0.25, 0.3) is 0 Å². The van der Waals surface area contributed by atoms with Gasteiger partial charge in [-0.1, -0.05) is 12.1 Å². The Balaban J connectivity index is 1.38. The van der Waals surface area contributed by atoms with E-state index in [0.717, 1.165) is 11.1 Å². The lowest BCUT2D eigenvalue weighted by molar-refractivity contribution is -0.323. The number of benzene rings is 2. The van der Waals surface area contributed by atoms with Crippen molar-refractivity contribution in [2.75, 3.05) is 35.0 Å². The second kappa shape index (κ2) is 9.41. The highest BCUT2D eigenvalue weighted by atomic mass is 16.7. The number of esters is 1. The second-order valence-corrected chi connectivity index (χ2v) is 10.5. The quantitative estimate of drug-likeness (QED) is 0.357. The van der Waals surface area contributed by atoms with Crippen molar-refractivity contribution >= 4 is 12.0 Å². The van der Waals surface area contributed by atoms with Gasteiger partial charge in [0.15, 0.2) is 23.0 Å². The highest BCUT2D eigenvalue weighted by Gasteiger charge is 2.76. The van der Waals surface area contributed by atoms with Crippen LogP contribution in [0.2, 0.25) is 0 Å². The number of carbonyl (C=O) groups is 1. The lowest BCUT2D eigenvalue weighted by Crippen LogP contribution is -2.71. The summed E-state index contributed by atoms with van der Waals surface area (Å²) in [6, 6.07) is 8.46. The van der Waals surface area contributed by atoms with Gasteiger partial charge in [0.2, 0.25) is 5.79 Å². The van der Waals surface area contributed by atoms with E-state index in [0.29, 0.717) is 36.4 Å². The average molecular weight is 540 g/mol. The molecule has 2 aromatic rings. The molecule has 2 aliphatic heterocycles. The molecule has 0 aromatic heterocycles. The topological polar surface area (TPSA) is 125 Å². The van der Waals surface area contributed by atoms with Gasteiger partial charge in [-0.2, -0.15) is 0 Å². The smallest absolute Gasteiger partial charge is 0.331 e. The van der Waals surface area contributed by atoms with Gasteiger partial charge in [0.1, 0.15) is 18.3 Å². The van der Waals surface area contributed by atoms with Crippen molar-refractivity contribution in [3.63, 3.8) is 0 Å². The molecule has 3 N–H and O–H groups in total. The van der Waals surface area contributed by atoms with Crippen LogP contribution in [0, 0.1) is 5.92 Å². The maximum Gasteiger partial charge on any atom is 0.331 e. The zero-order valence-electron chi connectivity index (χ0n) is 22.3. The molecule has 0 radical (unpaired) electrons. The van der Waals surface area contributed by atoms with Crippen LogP contribution in [-0.4, -0.2) is 75.2 Å². The largest absolute Gasteiger partial charge is 0.504 e. The fourth-order valence-electron chi connectivity index (χ4n) is 7.57. The zero-order chi connectivity index (χ0) is 27.5. The van der Waals surface area contributed by atoms with Gasteiger partial charge in [-0.05, 0) is 54.8 Å². The van der Waals surface area contributed by atoms with Crippen molar-refractivity contribution in [3.05, 3.63) is 53.1 Å². The van der Waals surface area contributed by atoms with Gasteiger partial charge in [0, 0.05) is 43.2 Å². The number of phenolic OH excluding ortho intramolecular Hbond substituents is 2. The predicted molar refractivity (Wildman–Crippen MR) is 139 cm³/mol. The van der Waals surface area contributed by atoms with Crippen LogP contribution >= 0.6 is 0 Å². The monoisotopic (exact) mass is 539 g/mol. The van der Waals surface area contributed by atoms with E-state index < -0.39 is 29.4 Å². The molecule has 2 saturated heterocycles. The number of methoxy groups -OCH3 is 4. The van der Waals surface area contributed by atoms with Crippen LogP contribution in [0.1, 0.15) is 35.6 Å². The average Bonchev–Trinajstić information content (AvgIpc) is 3.24. The van der Waals surface area contributed by atoms with Gasteiger partial charge in [0.05, 0.1) is 14.2 Å². The zero-order valence-corrected chi connectivity index (χ0v) is 22.3. The first kappa shape index (κ1) is 25.9. The van der Waals surface area contributed by atoms with Gasteiger partial charge in [-0.3, -0.25) is 0 Å². The van der Waals surface area contributed by atoms with Crippen molar-refractivity contribution in [2.24, 2.45) is 5.92 Å². The molecule has 10 heteroatoms. The summed E-state index contributed by atoms with van der Waals surface area (Å²) < 4.78 is 35.5. The summed E-state index contributed by atoms with van der Waals surface area (Å²) in [5, 5.41) is 25.1. The fourth-order valence-corrected chi connectivity index (χ4v) is 7.57. The molecule has 208 valence electrons. The number of phenols is 2. The van der Waals surface area contributed by atoms with E-state index in [-0.39, 0.29) is 29.6 Å². The van der Waals surface area contributed by atoms with Crippen molar-refractivity contribution in [3.8, 4) is 23.0 Å². The molecule has 4 aliphatic rings. The highest BCUT2D eigenvalue weighted by molar-refractivity contribution is 5.87. The Morgan fingerprint density at radius 3 is 2.56 bits per heavy atom. The van der Waals surface area contributed by atoms with Crippen LogP contribution in [0.5, 0.6) is 23.0 Å². The van der Waals surface area contributed by atoms with Crippen LogP contribution in [0.4, 0.5) is 0 Å². The molecule has 2 aliphatic carbocycles. The lowest BCUT2D eigenvalue weighted by atomic mass is 9.50. The van der Waals surface area contributed by atoms with Crippen molar-refractivity contribution in [1.82, 2.24) is 5.32 Å². The number of aromatic hydroxyl groups is 2. The molecule has 0 amide bonds. The molecule has 10 nitrogen and oxygen atoms in total. The Hall–Kier alpha value is -3.31. The van der Waals surface area contributed by atoms with Crippen LogP contribution in [0.3, 0.4) is 0 Å². The first-order chi connectivity index (χ1) is 18.8. The Morgan fingerprint density at radius 2 is 1.87 bits per heavy atom. The van der Waals surface area contributed by atoms with E-state index in [1.54, 1.807) is 38.5 Å². The summed E-state index contributed by atoms with van der Waals surface area (Å²) in [7, 11) is 6.14. The molecule has 2 heterocycles. The maximum atomic E-state index is 13.1. The summed E-state index contributed by atoms with van der Waals surface area (Å²) in [6.45, 7) is 0.704. The van der Waals surface area contributed by atoms with E-state index in [2.05, 4.69) is 5.32 Å². The molecule has 7 atom stereocenters. The Labute approximate surface area is 226 Å². The van der Waals surface area contributed by atoms with E-state index in [1.807, 2.05) is 6.07 Å². The molecule has 0 unspecified atom stereocenters. The minimum absolute atomic E-state index is 0.0320. The lowest BCUT2D eigenvalue weighted by Gasteiger charge is -2.59. The number of ether oxygens (including phenoxy) is 6. The molecule has 3 fully saturated rings. The van der Waals surface area contributed by atoms with Gasteiger partial charge in [-0.25, -0.2) is 4.79 Å². The molecule has 39 heavy (non-hydrogen) atoms. The van der Waals surface area contributed by atoms with E-state index in [9.17, 15) is 15.0 Å². The van der Waals surface area contributed by atoms with Gasteiger partial charge >= 0.3 is 5.97 Å². The van der Waals surface area contributed by atoms with Crippen molar-refractivity contribution < 1.29 is 43.4 Å². The van der Waals surface area contributed by atoms with Crippen LogP contribution < -0.4 is 14.8 Å². The number of hydrogen-bond acceptors (Lipinski definition) is 10. The van der Waals surface area contributed by atoms with Gasteiger partial charge in [-0.15, -0.1) is 0 Å². The summed E-state index contributed by atoms with van der Waals surface area (Å²) >= 11 is 0. The number of piperidine rings is 1. The van der Waals surface area contributed by atoms with E-state index in [4.69, 9.17) is 28.4 Å². The number of carbonyl (C=O) groups excluding carboxylic acids is 1.